The van der Waals surface area contributed by atoms with Gasteiger partial charge >= 0.3 is 0 Å². The quantitative estimate of drug-likeness (QED) is 0.165. The molecule has 0 aliphatic heterocycles. The Morgan fingerprint density at radius 1 is 0.386 bits per heavy atom. The maximum atomic E-state index is 5.20. The normalized spacial score (nSPS) is 12.9. The lowest BCUT2D eigenvalue weighted by Crippen LogP contribution is -2.15. The van der Waals surface area contributed by atoms with Crippen molar-refractivity contribution >= 4 is 32.6 Å². The zero-order chi connectivity index (χ0) is 38.1. The Kier molecular flexibility index (Phi) is 7.45. The fourth-order valence-electron chi connectivity index (χ4n) is 8.91. The second kappa shape index (κ2) is 12.9. The van der Waals surface area contributed by atoms with Crippen molar-refractivity contribution in [1.29, 1.82) is 0 Å². The summed E-state index contributed by atoms with van der Waals surface area (Å²) >= 11 is 0. The molecule has 3 heterocycles. The second-order valence-electron chi connectivity index (χ2n) is 15.3. The molecule has 0 saturated carbocycles. The van der Waals surface area contributed by atoms with Gasteiger partial charge in [0, 0.05) is 45.3 Å². The molecule has 0 bridgehead atoms. The summed E-state index contributed by atoms with van der Waals surface area (Å²) in [6.07, 6.45) is 3.68. The fraction of sp³-hybridized carbons (Fsp3) is 0.0577. The summed E-state index contributed by atoms with van der Waals surface area (Å²) in [5, 5.41) is 4.63. The number of fused-ring (bicyclic) bond motifs is 8. The third kappa shape index (κ3) is 5.35. The van der Waals surface area contributed by atoms with Crippen molar-refractivity contribution in [2.75, 3.05) is 0 Å². The van der Waals surface area contributed by atoms with Crippen LogP contribution in [-0.2, 0) is 5.41 Å². The van der Waals surface area contributed by atoms with E-state index in [0.717, 1.165) is 55.2 Å². The number of aromatic nitrogens is 5. The highest BCUT2D eigenvalue weighted by atomic mass is 15.0. The van der Waals surface area contributed by atoms with Crippen molar-refractivity contribution in [2.45, 2.75) is 19.3 Å². The summed E-state index contributed by atoms with van der Waals surface area (Å²) in [5.74, 6) is 1.86. The molecule has 3 aromatic heterocycles. The lowest BCUT2D eigenvalue weighted by Gasteiger charge is -2.23. The van der Waals surface area contributed by atoms with Gasteiger partial charge in [-0.3, -0.25) is 9.97 Å². The van der Waals surface area contributed by atoms with Crippen molar-refractivity contribution in [1.82, 2.24) is 24.9 Å². The van der Waals surface area contributed by atoms with Gasteiger partial charge in [-0.25, -0.2) is 15.0 Å². The zero-order valence-electron chi connectivity index (χ0n) is 31.5. The molecule has 0 fully saturated rings. The molecule has 7 aromatic carbocycles. The number of pyridine rings is 2. The van der Waals surface area contributed by atoms with E-state index in [9.17, 15) is 0 Å². The molecule has 0 radical (unpaired) electrons. The Labute approximate surface area is 330 Å². The molecule has 57 heavy (non-hydrogen) atoms. The average Bonchev–Trinajstić information content (AvgIpc) is 3.52. The first-order valence-electron chi connectivity index (χ1n) is 19.3. The summed E-state index contributed by atoms with van der Waals surface area (Å²) in [4.78, 5) is 25.0. The van der Waals surface area contributed by atoms with Crippen molar-refractivity contribution in [2.24, 2.45) is 0 Å². The van der Waals surface area contributed by atoms with Gasteiger partial charge < -0.3 is 0 Å². The average molecular weight is 730 g/mol. The van der Waals surface area contributed by atoms with E-state index >= 15 is 0 Å². The Bertz CT molecular complexity index is 3150. The van der Waals surface area contributed by atoms with Crippen LogP contribution >= 0.6 is 0 Å². The molecule has 1 aliphatic rings. The summed E-state index contributed by atoms with van der Waals surface area (Å²) in [5.41, 5.74) is 13.9. The molecule has 0 atom stereocenters. The minimum absolute atomic E-state index is 0.196. The third-order valence-corrected chi connectivity index (χ3v) is 11.5. The third-order valence-electron chi connectivity index (χ3n) is 11.5. The Balaban J connectivity index is 1.22. The van der Waals surface area contributed by atoms with E-state index in [-0.39, 0.29) is 5.41 Å². The van der Waals surface area contributed by atoms with Gasteiger partial charge in [0.25, 0.3) is 0 Å². The molecule has 5 nitrogen and oxygen atoms in total. The molecule has 0 amide bonds. The second-order valence-corrected chi connectivity index (χ2v) is 15.3. The van der Waals surface area contributed by atoms with Gasteiger partial charge in [-0.1, -0.05) is 141 Å². The largest absolute Gasteiger partial charge is 0.254 e. The first-order chi connectivity index (χ1) is 28.0. The highest BCUT2D eigenvalue weighted by molar-refractivity contribution is 6.11. The molecule has 268 valence electrons. The van der Waals surface area contributed by atoms with Crippen LogP contribution in [0.3, 0.4) is 0 Å². The van der Waals surface area contributed by atoms with Crippen LogP contribution in [0.15, 0.2) is 176 Å². The summed E-state index contributed by atoms with van der Waals surface area (Å²) in [7, 11) is 0. The van der Waals surface area contributed by atoms with Crippen LogP contribution < -0.4 is 0 Å². The number of nitrogens with zero attached hydrogens (tertiary/aromatic N) is 5. The lowest BCUT2D eigenvalue weighted by molar-refractivity contribution is 0.666. The molecule has 0 N–H and O–H groups in total. The molecule has 11 rings (SSSR count). The van der Waals surface area contributed by atoms with E-state index in [4.69, 9.17) is 24.9 Å². The summed E-state index contributed by atoms with van der Waals surface area (Å²) in [6, 6.07) is 57.7. The van der Waals surface area contributed by atoms with Crippen molar-refractivity contribution < 1.29 is 0 Å². The van der Waals surface area contributed by atoms with Crippen molar-refractivity contribution in [3.8, 4) is 67.5 Å². The fourth-order valence-corrected chi connectivity index (χ4v) is 8.91. The van der Waals surface area contributed by atoms with Crippen molar-refractivity contribution in [3.05, 3.63) is 187 Å². The molecule has 0 saturated heterocycles. The van der Waals surface area contributed by atoms with Gasteiger partial charge in [0.2, 0.25) is 0 Å². The number of rotatable bonds is 5. The molecule has 0 unspecified atom stereocenters. The van der Waals surface area contributed by atoms with E-state index in [1.54, 1.807) is 0 Å². The van der Waals surface area contributed by atoms with Crippen LogP contribution in [0.5, 0.6) is 0 Å². The van der Waals surface area contributed by atoms with Crippen LogP contribution in [-0.4, -0.2) is 24.9 Å². The van der Waals surface area contributed by atoms with E-state index in [0.29, 0.717) is 17.5 Å². The maximum Gasteiger partial charge on any atom is 0.164 e. The van der Waals surface area contributed by atoms with Gasteiger partial charge in [-0.2, -0.15) is 0 Å². The van der Waals surface area contributed by atoms with E-state index in [2.05, 4.69) is 105 Å². The minimum Gasteiger partial charge on any atom is -0.254 e. The van der Waals surface area contributed by atoms with Crippen LogP contribution in [0.4, 0.5) is 0 Å². The molecule has 0 spiro atoms. The number of hydrogen-bond donors (Lipinski definition) is 0. The monoisotopic (exact) mass is 729 g/mol. The van der Waals surface area contributed by atoms with Crippen LogP contribution in [0.25, 0.3) is 100 Å². The number of hydrogen-bond acceptors (Lipinski definition) is 5. The molecular weight excluding hydrogens is 695 g/mol. The van der Waals surface area contributed by atoms with E-state index < -0.39 is 0 Å². The van der Waals surface area contributed by atoms with Gasteiger partial charge in [0.05, 0.1) is 11.0 Å². The van der Waals surface area contributed by atoms with Gasteiger partial charge in [-0.05, 0) is 91.7 Å². The number of benzene rings is 7. The topological polar surface area (TPSA) is 64.5 Å². The maximum absolute atomic E-state index is 5.20. The van der Waals surface area contributed by atoms with Crippen LogP contribution in [0, 0.1) is 0 Å². The first-order valence-corrected chi connectivity index (χ1v) is 19.3. The first kappa shape index (κ1) is 33.0. The Morgan fingerprint density at radius 3 is 1.70 bits per heavy atom. The molecular formula is C52H35N5. The van der Waals surface area contributed by atoms with E-state index in [1.165, 1.54) is 38.6 Å². The SMILES string of the molecule is CC1(C)c2cccc(-c3cc(-c4nc(-c5ccccc5)nc(-c5ccccc5)n4)cc(-c4cc5cccnc5c5ncccc45)c3)c2-c2ccc3ccccc3c21. The van der Waals surface area contributed by atoms with E-state index in [1.807, 2.05) is 85.2 Å². The standard InChI is InChI=1S/C52H35N5/c1-52(2)44-23-11-21-39(45(44)42-25-24-32-14-9-10-20-40(32)46(42)52)36-28-37(43-31-35-19-12-26-53-47(35)48-41(43)22-13-27-54-48)30-38(29-36)51-56-49(33-15-5-3-6-16-33)55-50(57-51)34-17-7-4-8-18-34/h3-31H,1-2H3. The zero-order valence-corrected chi connectivity index (χ0v) is 31.5. The molecule has 1 aliphatic carbocycles. The smallest absolute Gasteiger partial charge is 0.164 e. The molecule has 10 aromatic rings. The van der Waals surface area contributed by atoms with Gasteiger partial charge in [0.15, 0.2) is 17.5 Å². The van der Waals surface area contributed by atoms with Gasteiger partial charge in [-0.15, -0.1) is 0 Å². The van der Waals surface area contributed by atoms with Crippen molar-refractivity contribution in [3.63, 3.8) is 0 Å². The van der Waals surface area contributed by atoms with Crippen LogP contribution in [0.1, 0.15) is 25.0 Å². The van der Waals surface area contributed by atoms with Crippen LogP contribution in [0.2, 0.25) is 0 Å². The minimum atomic E-state index is -0.196. The van der Waals surface area contributed by atoms with Gasteiger partial charge in [0.1, 0.15) is 0 Å². The lowest BCUT2D eigenvalue weighted by atomic mass is 9.80. The Hall–Kier alpha value is -7.37. The predicted octanol–water partition coefficient (Wildman–Crippen LogP) is 12.8. The highest BCUT2D eigenvalue weighted by Crippen LogP contribution is 2.54. The summed E-state index contributed by atoms with van der Waals surface area (Å²) in [6.45, 7) is 4.72. The highest BCUT2D eigenvalue weighted by Gasteiger charge is 2.38. The Morgan fingerprint density at radius 2 is 0.965 bits per heavy atom. The molecule has 5 heteroatoms. The summed E-state index contributed by atoms with van der Waals surface area (Å²) < 4.78 is 0. The predicted molar refractivity (Wildman–Crippen MR) is 233 cm³/mol.